The molecule has 1 aliphatic rings. The molecule has 0 bridgehead atoms. The van der Waals surface area contributed by atoms with Gasteiger partial charge in [-0.2, -0.15) is 0 Å². The Morgan fingerprint density at radius 3 is 2.42 bits per heavy atom. The fraction of sp³-hybridized carbons (Fsp3) is 0. The molecule has 0 saturated carbocycles. The molecule has 3 nitrogen and oxygen atoms in total. The van der Waals surface area contributed by atoms with E-state index in [0.717, 1.165) is 32.8 Å². The van der Waals surface area contributed by atoms with E-state index in [1.807, 2.05) is 36.4 Å². The van der Waals surface area contributed by atoms with E-state index in [9.17, 15) is 9.59 Å². The monoisotopic (exact) mass is 247 g/mol. The van der Waals surface area contributed by atoms with Gasteiger partial charge >= 0.3 is 0 Å². The predicted octanol–water partition coefficient (Wildman–Crippen LogP) is 2.89. The van der Waals surface area contributed by atoms with Crippen LogP contribution >= 0.6 is 0 Å². The molecule has 0 atom stereocenters. The maximum atomic E-state index is 11.7. The van der Waals surface area contributed by atoms with Gasteiger partial charge in [0.2, 0.25) is 5.56 Å². The van der Waals surface area contributed by atoms with Crippen molar-refractivity contribution in [1.29, 1.82) is 0 Å². The minimum absolute atomic E-state index is 0.0541. The van der Waals surface area contributed by atoms with E-state index >= 15 is 0 Å². The molecule has 19 heavy (non-hydrogen) atoms. The van der Waals surface area contributed by atoms with Crippen molar-refractivity contribution in [2.24, 2.45) is 0 Å². The number of hydrogen-bond acceptors (Lipinski definition) is 2. The number of carbonyl (C=O) groups excluding carboxylic acids is 1. The molecular formula is C16H9NO2. The van der Waals surface area contributed by atoms with E-state index in [0.29, 0.717) is 0 Å². The number of ketones is 1. The van der Waals surface area contributed by atoms with Gasteiger partial charge in [-0.3, -0.25) is 9.59 Å². The lowest BCUT2D eigenvalue weighted by molar-refractivity contribution is 0.105. The van der Waals surface area contributed by atoms with E-state index in [1.165, 1.54) is 6.07 Å². The number of carbonyl (C=O) groups is 1. The molecule has 0 aliphatic heterocycles. The summed E-state index contributed by atoms with van der Waals surface area (Å²) in [5.74, 6) is 0.0541. The molecule has 3 aromatic rings. The number of allylic oxidation sites excluding steroid dienone is 1. The summed E-state index contributed by atoms with van der Waals surface area (Å²) in [4.78, 5) is 25.8. The first-order valence-electron chi connectivity index (χ1n) is 6.05. The maximum absolute atomic E-state index is 11.7. The van der Waals surface area contributed by atoms with Crippen LogP contribution in [-0.2, 0) is 0 Å². The minimum Gasteiger partial charge on any atom is -0.322 e. The van der Waals surface area contributed by atoms with Crippen LogP contribution in [0.25, 0.3) is 27.8 Å². The molecular weight excluding hydrogens is 238 g/mol. The van der Waals surface area contributed by atoms with Crippen molar-refractivity contribution in [1.82, 2.24) is 4.98 Å². The highest BCUT2D eigenvalue weighted by Gasteiger charge is 2.16. The van der Waals surface area contributed by atoms with Crippen molar-refractivity contribution in [3.05, 3.63) is 64.0 Å². The molecule has 0 spiro atoms. The van der Waals surface area contributed by atoms with Gasteiger partial charge in [-0.15, -0.1) is 0 Å². The Morgan fingerprint density at radius 1 is 0.737 bits per heavy atom. The second-order valence-corrected chi connectivity index (χ2v) is 4.67. The lowest BCUT2D eigenvalue weighted by atomic mass is 9.98. The Labute approximate surface area is 108 Å². The Bertz CT molecular complexity index is 948. The number of nitrogens with one attached hydrogen (secondary N) is 1. The van der Waals surface area contributed by atoms with Crippen molar-refractivity contribution in [3.8, 4) is 0 Å². The van der Waals surface area contributed by atoms with Gasteiger partial charge in [0, 0.05) is 22.5 Å². The van der Waals surface area contributed by atoms with Crippen molar-refractivity contribution in [3.63, 3.8) is 0 Å². The third-order valence-corrected chi connectivity index (χ3v) is 3.61. The molecule has 1 heterocycles. The van der Waals surface area contributed by atoms with E-state index in [2.05, 4.69) is 4.98 Å². The van der Waals surface area contributed by atoms with Crippen LogP contribution in [0, 0.1) is 0 Å². The number of fused-ring (bicyclic) bond motifs is 5. The van der Waals surface area contributed by atoms with Crippen molar-refractivity contribution in [2.75, 3.05) is 0 Å². The van der Waals surface area contributed by atoms with E-state index in [4.69, 9.17) is 0 Å². The number of aromatic amines is 1. The fourth-order valence-electron chi connectivity index (χ4n) is 2.72. The van der Waals surface area contributed by atoms with Crippen molar-refractivity contribution >= 4 is 33.5 Å². The van der Waals surface area contributed by atoms with Gasteiger partial charge in [-0.25, -0.2) is 0 Å². The van der Waals surface area contributed by atoms with Gasteiger partial charge in [-0.1, -0.05) is 12.1 Å². The van der Waals surface area contributed by atoms with Gasteiger partial charge in [0.1, 0.15) is 0 Å². The number of rotatable bonds is 0. The first kappa shape index (κ1) is 10.3. The molecule has 0 unspecified atom stereocenters. The van der Waals surface area contributed by atoms with Crippen molar-refractivity contribution in [2.45, 2.75) is 0 Å². The van der Waals surface area contributed by atoms with Gasteiger partial charge < -0.3 is 4.98 Å². The third-order valence-electron chi connectivity index (χ3n) is 3.61. The zero-order chi connectivity index (χ0) is 13.0. The summed E-state index contributed by atoms with van der Waals surface area (Å²) in [6, 6.07) is 11.0. The van der Waals surface area contributed by atoms with Crippen LogP contribution in [0.3, 0.4) is 0 Å². The van der Waals surface area contributed by atoms with Crippen LogP contribution in [0.4, 0.5) is 0 Å². The van der Waals surface area contributed by atoms with E-state index in [1.54, 1.807) is 6.08 Å². The highest BCUT2D eigenvalue weighted by Crippen LogP contribution is 2.31. The topological polar surface area (TPSA) is 49.9 Å². The molecule has 1 aliphatic carbocycles. The van der Waals surface area contributed by atoms with E-state index < -0.39 is 0 Å². The van der Waals surface area contributed by atoms with Gasteiger partial charge in [0.15, 0.2) is 5.78 Å². The molecule has 90 valence electrons. The summed E-state index contributed by atoms with van der Waals surface area (Å²) in [7, 11) is 0. The minimum atomic E-state index is -0.108. The average molecular weight is 247 g/mol. The second kappa shape index (κ2) is 3.42. The van der Waals surface area contributed by atoms with E-state index in [-0.39, 0.29) is 11.3 Å². The quantitative estimate of drug-likeness (QED) is 0.621. The van der Waals surface area contributed by atoms with Gasteiger partial charge in [0.25, 0.3) is 0 Å². The SMILES string of the molecule is O=C1C=Cc2c1ccc1c2ccc2[nH]c(=O)ccc21. The predicted molar refractivity (Wildman–Crippen MR) is 75.4 cm³/mol. The summed E-state index contributed by atoms with van der Waals surface area (Å²) in [6.07, 6.45) is 3.46. The summed E-state index contributed by atoms with van der Waals surface area (Å²) in [6.45, 7) is 0. The van der Waals surface area contributed by atoms with Crippen LogP contribution in [0.15, 0.2) is 47.3 Å². The number of hydrogen-bond donors (Lipinski definition) is 1. The highest BCUT2D eigenvalue weighted by molar-refractivity contribution is 6.20. The summed E-state index contributed by atoms with van der Waals surface area (Å²) < 4.78 is 0. The number of H-pyrrole nitrogens is 1. The molecule has 4 rings (SSSR count). The largest absolute Gasteiger partial charge is 0.322 e. The zero-order valence-electron chi connectivity index (χ0n) is 9.94. The van der Waals surface area contributed by atoms with Crippen LogP contribution in [0.2, 0.25) is 0 Å². The maximum Gasteiger partial charge on any atom is 0.248 e. The normalized spacial score (nSPS) is 13.4. The van der Waals surface area contributed by atoms with Crippen LogP contribution in [0.5, 0.6) is 0 Å². The molecule has 1 aromatic heterocycles. The van der Waals surface area contributed by atoms with Crippen LogP contribution in [0.1, 0.15) is 15.9 Å². The van der Waals surface area contributed by atoms with Crippen LogP contribution < -0.4 is 5.56 Å². The summed E-state index contributed by atoms with van der Waals surface area (Å²) in [5.41, 5.74) is 2.42. The smallest absolute Gasteiger partial charge is 0.248 e. The molecule has 0 saturated heterocycles. The third kappa shape index (κ3) is 1.32. The Kier molecular flexibility index (Phi) is 1.85. The first-order valence-corrected chi connectivity index (χ1v) is 6.05. The molecule has 1 N–H and O–H groups in total. The molecule has 2 aromatic carbocycles. The van der Waals surface area contributed by atoms with Gasteiger partial charge in [0.05, 0.1) is 0 Å². The molecule has 0 amide bonds. The van der Waals surface area contributed by atoms with Gasteiger partial charge in [-0.05, 0) is 46.7 Å². The number of aromatic nitrogens is 1. The second-order valence-electron chi connectivity index (χ2n) is 4.67. The summed E-state index contributed by atoms with van der Waals surface area (Å²) in [5, 5.41) is 3.08. The Hall–Kier alpha value is -2.68. The summed E-state index contributed by atoms with van der Waals surface area (Å²) >= 11 is 0. The Morgan fingerprint density at radius 2 is 1.53 bits per heavy atom. The fourth-order valence-corrected chi connectivity index (χ4v) is 2.72. The van der Waals surface area contributed by atoms with Crippen molar-refractivity contribution < 1.29 is 4.79 Å². The lowest BCUT2D eigenvalue weighted by Crippen LogP contribution is -2.02. The molecule has 3 heteroatoms. The molecule has 0 radical (unpaired) electrons. The zero-order valence-corrected chi connectivity index (χ0v) is 9.94. The number of benzene rings is 2. The Balaban J connectivity index is 2.22. The molecule has 0 fully saturated rings. The standard InChI is InChI=1S/C16H9NO2/c18-15-7-4-11-9-3-6-14-12(5-8-16(19)17-14)10(9)1-2-13(11)15/h1-8H,(H,17,19). The highest BCUT2D eigenvalue weighted by atomic mass is 16.1. The first-order chi connectivity index (χ1) is 9.24. The number of pyridine rings is 1. The van der Waals surface area contributed by atoms with Crippen LogP contribution in [-0.4, -0.2) is 10.8 Å². The lowest BCUT2D eigenvalue weighted by Gasteiger charge is -2.07. The average Bonchev–Trinajstić information content (AvgIpc) is 2.80.